The summed E-state index contributed by atoms with van der Waals surface area (Å²) in [7, 11) is 0. The number of ether oxygens (including phenoxy) is 1. The minimum Gasteiger partial charge on any atom is -0.483 e. The van der Waals surface area contributed by atoms with Crippen LogP contribution in [0, 0.1) is 6.92 Å². The van der Waals surface area contributed by atoms with Crippen molar-refractivity contribution in [1.29, 1.82) is 0 Å². The molecule has 0 aromatic heterocycles. The van der Waals surface area contributed by atoms with Crippen LogP contribution in [0.2, 0.25) is 5.02 Å². The topological polar surface area (TPSA) is 67.4 Å². The molecule has 2 amide bonds. The molecule has 0 bridgehead atoms. The van der Waals surface area contributed by atoms with Gasteiger partial charge in [-0.1, -0.05) is 31.0 Å². The Morgan fingerprint density at radius 1 is 1.15 bits per heavy atom. The van der Waals surface area contributed by atoms with Crippen molar-refractivity contribution < 1.29 is 14.3 Å². The molecule has 2 N–H and O–H groups in total. The van der Waals surface area contributed by atoms with Gasteiger partial charge in [-0.25, -0.2) is 0 Å². The van der Waals surface area contributed by atoms with Crippen molar-refractivity contribution in [3.63, 3.8) is 0 Å². The highest BCUT2D eigenvalue weighted by Gasteiger charge is 2.09. The Hall–Kier alpha value is -2.53. The van der Waals surface area contributed by atoms with Crippen LogP contribution in [0.4, 0.5) is 5.69 Å². The second-order valence-electron chi connectivity index (χ2n) is 5.94. The molecule has 0 heterocycles. The van der Waals surface area contributed by atoms with Gasteiger partial charge >= 0.3 is 0 Å². The summed E-state index contributed by atoms with van der Waals surface area (Å²) in [6, 6.07) is 12.0. The number of anilines is 1. The highest BCUT2D eigenvalue weighted by molar-refractivity contribution is 6.30. The summed E-state index contributed by atoms with van der Waals surface area (Å²) >= 11 is 5.90. The first-order valence-electron chi connectivity index (χ1n) is 8.56. The number of carbonyl (C=O) groups is 2. The molecule has 0 spiro atoms. The number of carbonyl (C=O) groups excluding carboxylic acids is 2. The standard InChI is InChI=1S/C20H23ClN2O3/c1-3-4-10-22-20(25)15-6-5-7-17(12-15)23-19(24)13-26-18-9-8-16(21)11-14(18)2/h5-9,11-12H,3-4,10,13H2,1-2H3,(H,22,25)(H,23,24). The second-order valence-corrected chi connectivity index (χ2v) is 6.37. The molecule has 26 heavy (non-hydrogen) atoms. The molecule has 0 radical (unpaired) electrons. The molecular formula is C20H23ClN2O3. The summed E-state index contributed by atoms with van der Waals surface area (Å²) in [6.45, 7) is 4.44. The van der Waals surface area contributed by atoms with Crippen LogP contribution in [0.25, 0.3) is 0 Å². The molecule has 0 saturated carbocycles. The van der Waals surface area contributed by atoms with Crippen LogP contribution in [0.3, 0.4) is 0 Å². The van der Waals surface area contributed by atoms with Gasteiger partial charge in [-0.3, -0.25) is 9.59 Å². The zero-order chi connectivity index (χ0) is 18.9. The zero-order valence-electron chi connectivity index (χ0n) is 15.0. The summed E-state index contributed by atoms with van der Waals surface area (Å²) in [6.07, 6.45) is 1.95. The highest BCUT2D eigenvalue weighted by atomic mass is 35.5. The zero-order valence-corrected chi connectivity index (χ0v) is 15.7. The number of hydrogen-bond acceptors (Lipinski definition) is 3. The lowest BCUT2D eigenvalue weighted by Crippen LogP contribution is -2.25. The molecule has 0 aliphatic carbocycles. The normalized spacial score (nSPS) is 10.3. The molecule has 0 aliphatic rings. The number of aryl methyl sites for hydroxylation is 1. The van der Waals surface area contributed by atoms with Crippen molar-refractivity contribution in [3.8, 4) is 5.75 Å². The molecule has 0 atom stereocenters. The van der Waals surface area contributed by atoms with E-state index in [1.54, 1.807) is 42.5 Å². The Labute approximate surface area is 158 Å². The van der Waals surface area contributed by atoms with Gasteiger partial charge < -0.3 is 15.4 Å². The third kappa shape index (κ3) is 6.08. The van der Waals surface area contributed by atoms with Gasteiger partial charge in [0.05, 0.1) is 0 Å². The molecule has 0 aliphatic heterocycles. The SMILES string of the molecule is CCCCNC(=O)c1cccc(NC(=O)COc2ccc(Cl)cc2C)c1. The lowest BCUT2D eigenvalue weighted by molar-refractivity contribution is -0.118. The number of rotatable bonds is 8. The van der Waals surface area contributed by atoms with Crippen molar-refractivity contribution in [2.24, 2.45) is 0 Å². The van der Waals surface area contributed by atoms with Crippen LogP contribution in [-0.4, -0.2) is 25.0 Å². The fourth-order valence-electron chi connectivity index (χ4n) is 2.33. The molecule has 0 fully saturated rings. The second kappa shape index (κ2) is 9.82. The van der Waals surface area contributed by atoms with Crippen molar-refractivity contribution in [2.45, 2.75) is 26.7 Å². The summed E-state index contributed by atoms with van der Waals surface area (Å²) in [5, 5.41) is 6.21. The van der Waals surface area contributed by atoms with E-state index in [4.69, 9.17) is 16.3 Å². The van der Waals surface area contributed by atoms with E-state index in [0.717, 1.165) is 18.4 Å². The van der Waals surface area contributed by atoms with Crippen molar-refractivity contribution >= 4 is 29.1 Å². The van der Waals surface area contributed by atoms with E-state index in [1.165, 1.54) is 0 Å². The summed E-state index contributed by atoms with van der Waals surface area (Å²) in [5.74, 6) is 0.152. The Balaban J connectivity index is 1.90. The van der Waals surface area contributed by atoms with Crippen LogP contribution in [-0.2, 0) is 4.79 Å². The first-order valence-corrected chi connectivity index (χ1v) is 8.94. The molecule has 6 heteroatoms. The smallest absolute Gasteiger partial charge is 0.262 e. The Morgan fingerprint density at radius 2 is 1.96 bits per heavy atom. The Morgan fingerprint density at radius 3 is 2.69 bits per heavy atom. The maximum atomic E-state index is 12.1. The largest absolute Gasteiger partial charge is 0.483 e. The number of amides is 2. The minimum atomic E-state index is -0.303. The van der Waals surface area contributed by atoms with Crippen molar-refractivity contribution in [1.82, 2.24) is 5.32 Å². The fourth-order valence-corrected chi connectivity index (χ4v) is 2.56. The van der Waals surface area contributed by atoms with Crippen LogP contribution in [0.15, 0.2) is 42.5 Å². The van der Waals surface area contributed by atoms with Gasteiger partial charge in [0.25, 0.3) is 11.8 Å². The van der Waals surface area contributed by atoms with Gasteiger partial charge in [0, 0.05) is 22.8 Å². The van der Waals surface area contributed by atoms with E-state index in [9.17, 15) is 9.59 Å². The van der Waals surface area contributed by atoms with Crippen LogP contribution >= 0.6 is 11.6 Å². The first-order chi connectivity index (χ1) is 12.5. The van der Waals surface area contributed by atoms with Crippen LogP contribution < -0.4 is 15.4 Å². The van der Waals surface area contributed by atoms with Gasteiger partial charge in [-0.05, 0) is 55.3 Å². The van der Waals surface area contributed by atoms with E-state index < -0.39 is 0 Å². The lowest BCUT2D eigenvalue weighted by Gasteiger charge is -2.11. The van der Waals surface area contributed by atoms with Crippen molar-refractivity contribution in [2.75, 3.05) is 18.5 Å². The van der Waals surface area contributed by atoms with Gasteiger partial charge in [0.1, 0.15) is 5.75 Å². The van der Waals surface area contributed by atoms with E-state index in [1.807, 2.05) is 6.92 Å². The monoisotopic (exact) mass is 374 g/mol. The summed E-state index contributed by atoms with van der Waals surface area (Å²) in [4.78, 5) is 24.2. The van der Waals surface area contributed by atoms with Gasteiger partial charge in [-0.15, -0.1) is 0 Å². The Kier molecular flexibility index (Phi) is 7.48. The number of hydrogen-bond donors (Lipinski definition) is 2. The van der Waals surface area contributed by atoms with Crippen LogP contribution in [0.5, 0.6) is 5.75 Å². The molecule has 138 valence electrons. The number of benzene rings is 2. The number of halogens is 1. The van der Waals surface area contributed by atoms with Gasteiger partial charge in [0.2, 0.25) is 0 Å². The Bertz CT molecular complexity index is 777. The maximum absolute atomic E-state index is 12.1. The number of nitrogens with one attached hydrogen (secondary N) is 2. The molecule has 5 nitrogen and oxygen atoms in total. The molecule has 2 aromatic rings. The molecule has 0 unspecified atom stereocenters. The molecule has 2 aromatic carbocycles. The van der Waals surface area contributed by atoms with Gasteiger partial charge in [0.15, 0.2) is 6.61 Å². The lowest BCUT2D eigenvalue weighted by atomic mass is 10.2. The van der Waals surface area contributed by atoms with Crippen molar-refractivity contribution in [3.05, 3.63) is 58.6 Å². The third-order valence-electron chi connectivity index (χ3n) is 3.72. The third-order valence-corrected chi connectivity index (χ3v) is 3.96. The predicted octanol–water partition coefficient (Wildman–Crippen LogP) is 4.20. The van der Waals surface area contributed by atoms with E-state index in [2.05, 4.69) is 17.6 Å². The van der Waals surface area contributed by atoms with Gasteiger partial charge in [-0.2, -0.15) is 0 Å². The van der Waals surface area contributed by atoms with E-state index >= 15 is 0 Å². The molecule has 2 rings (SSSR count). The summed E-state index contributed by atoms with van der Waals surface area (Å²) in [5.41, 5.74) is 1.92. The molecular weight excluding hydrogens is 352 g/mol. The predicted molar refractivity (Wildman–Crippen MR) is 104 cm³/mol. The van der Waals surface area contributed by atoms with Crippen LogP contribution in [0.1, 0.15) is 35.7 Å². The highest BCUT2D eigenvalue weighted by Crippen LogP contribution is 2.21. The quantitative estimate of drug-likeness (QED) is 0.680. The first kappa shape index (κ1) is 19.8. The van der Waals surface area contributed by atoms with E-state index in [-0.39, 0.29) is 18.4 Å². The maximum Gasteiger partial charge on any atom is 0.262 e. The average molecular weight is 375 g/mol. The molecule has 0 saturated heterocycles. The number of unbranched alkanes of at least 4 members (excludes halogenated alkanes) is 1. The fraction of sp³-hybridized carbons (Fsp3) is 0.300. The minimum absolute atomic E-state index is 0.130. The van der Waals surface area contributed by atoms with E-state index in [0.29, 0.717) is 28.6 Å². The summed E-state index contributed by atoms with van der Waals surface area (Å²) < 4.78 is 5.52. The average Bonchev–Trinajstić information content (AvgIpc) is 2.61.